The molecule has 0 radical (unpaired) electrons. The Balaban J connectivity index is 3.54. The molecule has 0 amide bonds. The summed E-state index contributed by atoms with van der Waals surface area (Å²) in [5.41, 5.74) is 0. The second kappa shape index (κ2) is 7.10. The van der Waals surface area contributed by atoms with Crippen LogP contribution in [-0.2, 0) is 4.79 Å². The van der Waals surface area contributed by atoms with Gasteiger partial charge < -0.3 is 14.8 Å². The summed E-state index contributed by atoms with van der Waals surface area (Å²) < 4.78 is 0. The lowest BCUT2D eigenvalue weighted by Crippen LogP contribution is -2.32. The van der Waals surface area contributed by atoms with Crippen molar-refractivity contribution < 1.29 is 9.90 Å². The first kappa shape index (κ1) is 11.4. The second-order valence-electron chi connectivity index (χ2n) is 2.96. The molecule has 0 atom stereocenters. The largest absolute Gasteiger partial charge is 0.550 e. The van der Waals surface area contributed by atoms with E-state index >= 15 is 0 Å². The fourth-order valence-electron chi connectivity index (χ4n) is 1.22. The van der Waals surface area contributed by atoms with E-state index in [9.17, 15) is 9.90 Å². The standard InChI is InChI=1S/C9H19NO2/c1-3-6-10(7-4-2)8-5-9(11)12/h3-8H2,1-2H3,(H,11,12)/p-1. The summed E-state index contributed by atoms with van der Waals surface area (Å²) in [5, 5.41) is 10.2. The Morgan fingerprint density at radius 1 is 1.17 bits per heavy atom. The first-order valence-corrected chi connectivity index (χ1v) is 4.62. The minimum Gasteiger partial charge on any atom is -0.550 e. The number of hydrogen-bond donors (Lipinski definition) is 0. The van der Waals surface area contributed by atoms with E-state index in [-0.39, 0.29) is 6.42 Å². The van der Waals surface area contributed by atoms with E-state index in [0.717, 1.165) is 25.9 Å². The molecule has 0 saturated carbocycles. The zero-order chi connectivity index (χ0) is 9.40. The average Bonchev–Trinajstić information content (AvgIpc) is 2.01. The third-order valence-corrected chi connectivity index (χ3v) is 1.71. The zero-order valence-corrected chi connectivity index (χ0v) is 8.01. The van der Waals surface area contributed by atoms with E-state index in [1.54, 1.807) is 0 Å². The highest BCUT2D eigenvalue weighted by molar-refractivity contribution is 5.64. The van der Waals surface area contributed by atoms with Crippen LogP contribution < -0.4 is 5.11 Å². The predicted octanol–water partition coefficient (Wildman–Crippen LogP) is 0.248. The number of carboxylic acid groups (broad SMARTS) is 1. The molecule has 0 aliphatic heterocycles. The third-order valence-electron chi connectivity index (χ3n) is 1.71. The van der Waals surface area contributed by atoms with Gasteiger partial charge in [-0.3, -0.25) is 0 Å². The van der Waals surface area contributed by atoms with Crippen LogP contribution in [0.1, 0.15) is 33.1 Å². The average molecular weight is 172 g/mol. The first-order chi connectivity index (χ1) is 5.70. The van der Waals surface area contributed by atoms with Crippen molar-refractivity contribution in [1.29, 1.82) is 0 Å². The van der Waals surface area contributed by atoms with E-state index in [2.05, 4.69) is 18.7 Å². The Bertz CT molecular complexity index is 120. The highest BCUT2D eigenvalue weighted by Gasteiger charge is 2.00. The van der Waals surface area contributed by atoms with Gasteiger partial charge in [-0.15, -0.1) is 0 Å². The van der Waals surface area contributed by atoms with Gasteiger partial charge in [0.15, 0.2) is 0 Å². The van der Waals surface area contributed by atoms with E-state index in [1.165, 1.54) is 0 Å². The number of carboxylic acids is 1. The van der Waals surface area contributed by atoms with Crippen LogP contribution in [0.5, 0.6) is 0 Å². The van der Waals surface area contributed by atoms with Crippen molar-refractivity contribution in [1.82, 2.24) is 4.90 Å². The first-order valence-electron chi connectivity index (χ1n) is 4.62. The Hall–Kier alpha value is -0.570. The molecule has 72 valence electrons. The van der Waals surface area contributed by atoms with E-state index in [1.807, 2.05) is 0 Å². The summed E-state index contributed by atoms with van der Waals surface area (Å²) >= 11 is 0. The quantitative estimate of drug-likeness (QED) is 0.553. The van der Waals surface area contributed by atoms with Gasteiger partial charge >= 0.3 is 0 Å². The van der Waals surface area contributed by atoms with Crippen LogP contribution in [-0.4, -0.2) is 30.5 Å². The molecule has 0 aromatic rings. The Morgan fingerprint density at radius 3 is 2.00 bits per heavy atom. The molecule has 0 aliphatic rings. The van der Waals surface area contributed by atoms with Crippen molar-refractivity contribution in [2.24, 2.45) is 0 Å². The molecule has 0 heterocycles. The molecule has 0 spiro atoms. The summed E-state index contributed by atoms with van der Waals surface area (Å²) in [4.78, 5) is 12.3. The van der Waals surface area contributed by atoms with Gasteiger partial charge in [-0.2, -0.15) is 0 Å². The molecular weight excluding hydrogens is 154 g/mol. The fourth-order valence-corrected chi connectivity index (χ4v) is 1.22. The molecule has 0 aromatic carbocycles. The number of nitrogens with zero attached hydrogens (tertiary/aromatic N) is 1. The van der Waals surface area contributed by atoms with Crippen molar-refractivity contribution in [2.75, 3.05) is 19.6 Å². The molecule has 0 fully saturated rings. The van der Waals surface area contributed by atoms with Gasteiger partial charge in [0.05, 0.1) is 0 Å². The minimum atomic E-state index is -0.952. The van der Waals surface area contributed by atoms with E-state index < -0.39 is 5.97 Å². The van der Waals surface area contributed by atoms with Crippen LogP contribution in [0.2, 0.25) is 0 Å². The SMILES string of the molecule is CCCN(CCC)CCC(=O)[O-]. The summed E-state index contributed by atoms with van der Waals surface area (Å²) in [6.07, 6.45) is 2.31. The number of carbonyl (C=O) groups excluding carboxylic acids is 1. The van der Waals surface area contributed by atoms with Crippen molar-refractivity contribution in [3.63, 3.8) is 0 Å². The fraction of sp³-hybridized carbons (Fsp3) is 0.889. The third kappa shape index (κ3) is 6.16. The van der Waals surface area contributed by atoms with E-state index in [4.69, 9.17) is 0 Å². The lowest BCUT2D eigenvalue weighted by atomic mass is 10.3. The predicted molar refractivity (Wildman–Crippen MR) is 46.6 cm³/mol. The van der Waals surface area contributed by atoms with Gasteiger partial charge in [0.25, 0.3) is 0 Å². The Labute approximate surface area is 74.4 Å². The normalized spacial score (nSPS) is 10.6. The highest BCUT2D eigenvalue weighted by atomic mass is 16.4. The number of carbonyl (C=O) groups is 1. The second-order valence-corrected chi connectivity index (χ2v) is 2.96. The van der Waals surface area contributed by atoms with Gasteiger partial charge in [-0.1, -0.05) is 13.8 Å². The highest BCUT2D eigenvalue weighted by Crippen LogP contribution is 1.95. The zero-order valence-electron chi connectivity index (χ0n) is 8.01. The van der Waals surface area contributed by atoms with Gasteiger partial charge in [-0.25, -0.2) is 0 Å². The van der Waals surface area contributed by atoms with Crippen LogP contribution in [0.25, 0.3) is 0 Å². The maximum Gasteiger partial charge on any atom is 0.0427 e. The maximum absolute atomic E-state index is 10.2. The topological polar surface area (TPSA) is 43.4 Å². The van der Waals surface area contributed by atoms with Crippen LogP contribution in [0.3, 0.4) is 0 Å². The van der Waals surface area contributed by atoms with Crippen molar-refractivity contribution >= 4 is 5.97 Å². The van der Waals surface area contributed by atoms with Gasteiger partial charge in [0.2, 0.25) is 0 Å². The summed E-state index contributed by atoms with van der Waals surface area (Å²) in [6.45, 7) is 6.80. The molecule has 0 aliphatic carbocycles. The van der Waals surface area contributed by atoms with Crippen molar-refractivity contribution in [2.45, 2.75) is 33.1 Å². The van der Waals surface area contributed by atoms with Crippen LogP contribution in [0.4, 0.5) is 0 Å². The van der Waals surface area contributed by atoms with Crippen LogP contribution >= 0.6 is 0 Å². The number of rotatable bonds is 7. The van der Waals surface area contributed by atoms with Gasteiger partial charge in [0, 0.05) is 12.5 Å². The van der Waals surface area contributed by atoms with Gasteiger partial charge in [-0.05, 0) is 32.4 Å². The Morgan fingerprint density at radius 2 is 1.67 bits per heavy atom. The molecule has 12 heavy (non-hydrogen) atoms. The number of aliphatic carboxylic acids is 1. The molecule has 3 nitrogen and oxygen atoms in total. The molecule has 0 unspecified atom stereocenters. The monoisotopic (exact) mass is 172 g/mol. The molecule has 0 aromatic heterocycles. The van der Waals surface area contributed by atoms with Crippen LogP contribution in [0, 0.1) is 0 Å². The van der Waals surface area contributed by atoms with Crippen molar-refractivity contribution in [3.05, 3.63) is 0 Å². The lowest BCUT2D eigenvalue weighted by Gasteiger charge is -2.20. The van der Waals surface area contributed by atoms with E-state index in [0.29, 0.717) is 6.54 Å². The van der Waals surface area contributed by atoms with Crippen LogP contribution in [0.15, 0.2) is 0 Å². The minimum absolute atomic E-state index is 0.153. The molecular formula is C9H18NO2-. The van der Waals surface area contributed by atoms with Crippen molar-refractivity contribution in [3.8, 4) is 0 Å². The summed E-state index contributed by atoms with van der Waals surface area (Å²) in [6, 6.07) is 0. The maximum atomic E-state index is 10.2. The molecule has 3 heteroatoms. The summed E-state index contributed by atoms with van der Waals surface area (Å²) in [5.74, 6) is -0.952. The Kier molecular flexibility index (Phi) is 6.76. The molecule has 0 rings (SSSR count). The lowest BCUT2D eigenvalue weighted by molar-refractivity contribution is -0.305. The smallest absolute Gasteiger partial charge is 0.0427 e. The molecule has 0 bridgehead atoms. The molecule has 0 saturated heterocycles. The number of hydrogen-bond acceptors (Lipinski definition) is 3. The molecule has 0 N–H and O–H groups in total. The summed E-state index contributed by atoms with van der Waals surface area (Å²) in [7, 11) is 0. The van der Waals surface area contributed by atoms with Gasteiger partial charge in [0.1, 0.15) is 0 Å².